The van der Waals surface area contributed by atoms with E-state index < -0.39 is 16.1 Å². The van der Waals surface area contributed by atoms with E-state index in [4.69, 9.17) is 14.8 Å². The molecular formula is C28H43N7O4S. The summed E-state index contributed by atoms with van der Waals surface area (Å²) in [4.78, 5) is 23.1. The van der Waals surface area contributed by atoms with Crippen molar-refractivity contribution in [3.05, 3.63) is 17.5 Å². The van der Waals surface area contributed by atoms with Crippen LogP contribution in [0.5, 0.6) is 0 Å². The molecule has 220 valence electrons. The van der Waals surface area contributed by atoms with Crippen LogP contribution in [0.1, 0.15) is 92.4 Å². The summed E-state index contributed by atoms with van der Waals surface area (Å²) in [5.74, 6) is -0.297. The van der Waals surface area contributed by atoms with Gasteiger partial charge in [-0.3, -0.25) is 9.69 Å². The zero-order valence-electron chi connectivity index (χ0n) is 23.8. The average Bonchev–Trinajstić information content (AvgIpc) is 3.31. The van der Waals surface area contributed by atoms with Gasteiger partial charge in [-0.15, -0.1) is 0 Å². The SMILES string of the molecule is CN(C)S(=O)(=O)NC(=O)c1cc(N2CCC(N3CCOCC3)CC2)c2c(C3CCC3)nn(C3CCCCC3)c2n1. The Hall–Kier alpha value is -2.28. The largest absolute Gasteiger partial charge is 0.379 e. The molecule has 0 radical (unpaired) electrons. The Kier molecular flexibility index (Phi) is 8.04. The first-order chi connectivity index (χ1) is 19.3. The molecule has 4 heterocycles. The quantitative estimate of drug-likeness (QED) is 0.538. The van der Waals surface area contributed by atoms with Crippen molar-refractivity contribution in [2.75, 3.05) is 58.4 Å². The summed E-state index contributed by atoms with van der Waals surface area (Å²) in [7, 11) is -1.14. The van der Waals surface area contributed by atoms with E-state index in [0.29, 0.717) is 12.0 Å². The van der Waals surface area contributed by atoms with Crippen molar-refractivity contribution in [3.8, 4) is 0 Å². The van der Waals surface area contributed by atoms with Crippen LogP contribution in [0.4, 0.5) is 5.69 Å². The fourth-order valence-corrected chi connectivity index (χ4v) is 7.25. The number of aromatic nitrogens is 3. The number of nitrogens with zero attached hydrogens (tertiary/aromatic N) is 6. The molecule has 1 amide bonds. The minimum Gasteiger partial charge on any atom is -0.379 e. The van der Waals surface area contributed by atoms with E-state index in [0.717, 1.165) is 117 Å². The number of morpholine rings is 1. The minimum atomic E-state index is -3.95. The molecule has 2 aliphatic heterocycles. The Balaban J connectivity index is 1.40. The van der Waals surface area contributed by atoms with Crippen LogP contribution in [0.3, 0.4) is 0 Å². The lowest BCUT2D eigenvalue weighted by Crippen LogP contribution is -2.49. The average molecular weight is 574 g/mol. The van der Waals surface area contributed by atoms with Crippen LogP contribution in [0, 0.1) is 0 Å². The van der Waals surface area contributed by atoms with E-state index in [1.54, 1.807) is 0 Å². The Morgan fingerprint density at radius 2 is 1.65 bits per heavy atom. The lowest BCUT2D eigenvalue weighted by molar-refractivity contribution is 0.0115. The van der Waals surface area contributed by atoms with Crippen molar-refractivity contribution in [2.24, 2.45) is 0 Å². The molecule has 2 saturated heterocycles. The number of hydrogen-bond donors (Lipinski definition) is 1. The van der Waals surface area contributed by atoms with Gasteiger partial charge in [0.1, 0.15) is 5.69 Å². The van der Waals surface area contributed by atoms with Gasteiger partial charge in [-0.25, -0.2) is 14.4 Å². The van der Waals surface area contributed by atoms with Crippen molar-refractivity contribution in [1.82, 2.24) is 28.7 Å². The fraction of sp³-hybridized carbons (Fsp3) is 0.750. The van der Waals surface area contributed by atoms with Crippen molar-refractivity contribution in [1.29, 1.82) is 0 Å². The summed E-state index contributed by atoms with van der Waals surface area (Å²) in [6.45, 7) is 5.30. The highest BCUT2D eigenvalue weighted by Gasteiger charge is 2.34. The molecule has 0 unspecified atom stereocenters. The molecule has 1 N–H and O–H groups in total. The Morgan fingerprint density at radius 1 is 0.950 bits per heavy atom. The van der Waals surface area contributed by atoms with Gasteiger partial charge in [-0.1, -0.05) is 25.7 Å². The van der Waals surface area contributed by atoms with Gasteiger partial charge in [0.2, 0.25) is 0 Å². The van der Waals surface area contributed by atoms with Crippen molar-refractivity contribution >= 4 is 32.8 Å². The first-order valence-corrected chi connectivity index (χ1v) is 16.5. The second-order valence-electron chi connectivity index (χ2n) is 12.1. The Bertz CT molecular complexity index is 1320. The number of carbonyl (C=O) groups is 1. The first-order valence-electron chi connectivity index (χ1n) is 15.1. The summed E-state index contributed by atoms with van der Waals surface area (Å²) >= 11 is 0. The van der Waals surface area contributed by atoms with E-state index in [1.165, 1.54) is 26.9 Å². The zero-order valence-corrected chi connectivity index (χ0v) is 24.7. The highest BCUT2D eigenvalue weighted by atomic mass is 32.2. The number of hydrogen-bond acceptors (Lipinski definition) is 8. The Morgan fingerprint density at radius 3 is 2.27 bits per heavy atom. The molecule has 12 heteroatoms. The summed E-state index contributed by atoms with van der Waals surface area (Å²) in [5.41, 5.74) is 2.94. The number of piperidine rings is 1. The van der Waals surface area contributed by atoms with Gasteiger partial charge in [0, 0.05) is 52.2 Å². The topological polar surface area (TPSA) is 113 Å². The van der Waals surface area contributed by atoms with Crippen LogP contribution < -0.4 is 9.62 Å². The number of anilines is 1. The molecule has 4 fully saturated rings. The van der Waals surface area contributed by atoms with Gasteiger partial charge in [-0.2, -0.15) is 17.8 Å². The number of ether oxygens (including phenoxy) is 1. The van der Waals surface area contributed by atoms with Gasteiger partial charge in [-0.05, 0) is 44.6 Å². The van der Waals surface area contributed by atoms with Crippen LogP contribution in [0.2, 0.25) is 0 Å². The molecule has 0 aromatic carbocycles. The molecular weight excluding hydrogens is 530 g/mol. The molecule has 6 rings (SSSR count). The second-order valence-corrected chi connectivity index (χ2v) is 13.9. The standard InChI is InChI=1S/C28H43N7O4S/c1-32(2)40(37,38)31-28(36)23-19-24(34-13-11-21(12-14-34)33-15-17-39-18-16-33)25-26(20-7-6-8-20)30-35(27(25)29-23)22-9-4-3-5-10-22/h19-22H,3-18H2,1-2H3,(H,31,36). The third kappa shape index (κ3) is 5.47. The predicted molar refractivity (Wildman–Crippen MR) is 154 cm³/mol. The van der Waals surface area contributed by atoms with Crippen LogP contribution in [0.15, 0.2) is 6.07 Å². The summed E-state index contributed by atoms with van der Waals surface area (Å²) < 4.78 is 35.9. The van der Waals surface area contributed by atoms with Crippen molar-refractivity contribution in [3.63, 3.8) is 0 Å². The monoisotopic (exact) mass is 573 g/mol. The molecule has 2 aromatic rings. The maximum atomic E-state index is 13.4. The van der Waals surface area contributed by atoms with Gasteiger partial charge in [0.25, 0.3) is 5.91 Å². The third-order valence-electron chi connectivity index (χ3n) is 9.38. The van der Waals surface area contributed by atoms with Crippen LogP contribution in [-0.2, 0) is 14.9 Å². The molecule has 0 atom stereocenters. The summed E-state index contributed by atoms with van der Waals surface area (Å²) in [6, 6.07) is 2.59. The number of nitrogens with one attached hydrogen (secondary N) is 1. The summed E-state index contributed by atoms with van der Waals surface area (Å²) in [5, 5.41) is 6.29. The molecule has 2 saturated carbocycles. The molecule has 0 spiro atoms. The predicted octanol–water partition coefficient (Wildman–Crippen LogP) is 3.04. The molecule has 0 bridgehead atoms. The van der Waals surface area contributed by atoms with Crippen LogP contribution >= 0.6 is 0 Å². The number of pyridine rings is 1. The zero-order chi connectivity index (χ0) is 27.9. The Labute approximate surface area is 237 Å². The summed E-state index contributed by atoms with van der Waals surface area (Å²) in [6.07, 6.45) is 11.2. The molecule has 2 aliphatic carbocycles. The van der Waals surface area contributed by atoms with E-state index in [9.17, 15) is 13.2 Å². The van der Waals surface area contributed by atoms with E-state index in [2.05, 4.69) is 19.2 Å². The number of rotatable bonds is 7. The van der Waals surface area contributed by atoms with Crippen LogP contribution in [0.25, 0.3) is 11.0 Å². The van der Waals surface area contributed by atoms with Crippen LogP contribution in [-0.4, -0.2) is 97.8 Å². The molecule has 4 aliphatic rings. The highest BCUT2D eigenvalue weighted by Crippen LogP contribution is 2.44. The van der Waals surface area contributed by atoms with Gasteiger partial charge in [0.05, 0.1) is 36.0 Å². The van der Waals surface area contributed by atoms with E-state index in [-0.39, 0.29) is 11.7 Å². The second kappa shape index (κ2) is 11.5. The number of amides is 1. The first kappa shape index (κ1) is 27.9. The van der Waals surface area contributed by atoms with Gasteiger partial charge in [0.15, 0.2) is 5.65 Å². The number of fused-ring (bicyclic) bond motifs is 1. The van der Waals surface area contributed by atoms with E-state index in [1.807, 2.05) is 6.07 Å². The van der Waals surface area contributed by atoms with Gasteiger partial charge >= 0.3 is 10.2 Å². The smallest absolute Gasteiger partial charge is 0.303 e. The third-order valence-corrected chi connectivity index (χ3v) is 10.8. The van der Waals surface area contributed by atoms with Crippen molar-refractivity contribution < 1.29 is 17.9 Å². The maximum absolute atomic E-state index is 13.4. The maximum Gasteiger partial charge on any atom is 0.303 e. The van der Waals surface area contributed by atoms with E-state index >= 15 is 0 Å². The fourth-order valence-electron chi connectivity index (χ4n) is 6.73. The molecule has 11 nitrogen and oxygen atoms in total. The lowest BCUT2D eigenvalue weighted by Gasteiger charge is -2.41. The minimum absolute atomic E-state index is 0.125. The normalized spacial score (nSPS) is 22.6. The lowest BCUT2D eigenvalue weighted by atomic mass is 9.82. The molecule has 2 aromatic heterocycles. The van der Waals surface area contributed by atoms with Crippen molar-refractivity contribution in [2.45, 2.75) is 82.2 Å². The number of carbonyl (C=O) groups excluding carboxylic acids is 1. The highest BCUT2D eigenvalue weighted by molar-refractivity contribution is 7.87. The van der Waals surface area contributed by atoms with Gasteiger partial charge < -0.3 is 9.64 Å². The molecule has 40 heavy (non-hydrogen) atoms.